The molecule has 0 amide bonds. The molecule has 2 N–H and O–H groups in total. The van der Waals surface area contributed by atoms with E-state index in [-0.39, 0.29) is 29.9 Å². The van der Waals surface area contributed by atoms with Gasteiger partial charge >= 0.3 is 5.97 Å². The summed E-state index contributed by atoms with van der Waals surface area (Å²) in [5.41, 5.74) is 3.89. The number of carbonyl (C=O) groups excluding carboxylic acids is 1. The fraction of sp³-hybridized carbons (Fsp3) is 0.529. The fourth-order valence-corrected chi connectivity index (χ4v) is 2.24. The summed E-state index contributed by atoms with van der Waals surface area (Å²) in [4.78, 5) is 15.4. The summed E-state index contributed by atoms with van der Waals surface area (Å²) >= 11 is 0. The van der Waals surface area contributed by atoms with Crippen LogP contribution >= 0.6 is 24.0 Å². The van der Waals surface area contributed by atoms with E-state index >= 15 is 0 Å². The Hall–Kier alpha value is -1.31. The van der Waals surface area contributed by atoms with E-state index in [4.69, 9.17) is 0 Å². The number of hydrogen-bond acceptors (Lipinski definition) is 3. The molecule has 0 unspecified atom stereocenters. The monoisotopic (exact) mass is 433 g/mol. The van der Waals surface area contributed by atoms with Crippen molar-refractivity contribution in [3.05, 3.63) is 34.9 Å². The SMILES string of the molecule is CCNC(=NCCC(=O)OC)NCCc1cc(C)cc(C)c1.I. The smallest absolute Gasteiger partial charge is 0.307 e. The molecule has 0 spiro atoms. The van der Waals surface area contributed by atoms with E-state index in [1.165, 1.54) is 23.8 Å². The van der Waals surface area contributed by atoms with Crippen LogP contribution in [0.15, 0.2) is 23.2 Å². The van der Waals surface area contributed by atoms with E-state index in [2.05, 4.69) is 52.4 Å². The van der Waals surface area contributed by atoms with Crippen molar-refractivity contribution < 1.29 is 9.53 Å². The van der Waals surface area contributed by atoms with Gasteiger partial charge in [0.2, 0.25) is 0 Å². The van der Waals surface area contributed by atoms with Crippen LogP contribution in [0.2, 0.25) is 0 Å². The highest BCUT2D eigenvalue weighted by molar-refractivity contribution is 14.0. The molecule has 0 heterocycles. The number of guanidine groups is 1. The summed E-state index contributed by atoms with van der Waals surface area (Å²) in [6.45, 7) is 8.25. The molecule has 0 aliphatic rings. The normalized spacial score (nSPS) is 10.7. The lowest BCUT2D eigenvalue weighted by atomic mass is 10.1. The second kappa shape index (κ2) is 12.2. The number of hydrogen-bond donors (Lipinski definition) is 2. The number of aryl methyl sites for hydroxylation is 2. The van der Waals surface area contributed by atoms with Crippen molar-refractivity contribution in [3.8, 4) is 0 Å². The van der Waals surface area contributed by atoms with Crippen LogP contribution in [-0.2, 0) is 16.0 Å². The Bertz CT molecular complexity index is 498. The van der Waals surface area contributed by atoms with Gasteiger partial charge in [0.25, 0.3) is 0 Å². The van der Waals surface area contributed by atoms with E-state index in [1.54, 1.807) is 0 Å². The van der Waals surface area contributed by atoms with Gasteiger partial charge in [-0.3, -0.25) is 9.79 Å². The molecule has 0 aliphatic heterocycles. The highest BCUT2D eigenvalue weighted by Gasteiger charge is 2.01. The summed E-state index contributed by atoms with van der Waals surface area (Å²) in [5, 5.41) is 6.46. The molecule has 1 aromatic carbocycles. The third kappa shape index (κ3) is 9.43. The minimum atomic E-state index is -0.241. The van der Waals surface area contributed by atoms with Crippen LogP contribution in [0.25, 0.3) is 0 Å². The molecule has 5 nitrogen and oxygen atoms in total. The molecule has 0 atom stereocenters. The number of carbonyl (C=O) groups is 1. The van der Waals surface area contributed by atoms with E-state index in [9.17, 15) is 4.79 Å². The van der Waals surface area contributed by atoms with E-state index in [1.807, 2.05) is 6.92 Å². The van der Waals surface area contributed by atoms with Crippen molar-refractivity contribution in [2.45, 2.75) is 33.6 Å². The quantitative estimate of drug-likeness (QED) is 0.300. The standard InChI is InChI=1S/C17H27N3O2.HI/c1-5-18-17(20-9-7-16(21)22-4)19-8-6-15-11-13(2)10-14(3)12-15;/h10-12H,5-9H2,1-4H3,(H2,18,19,20);1H. The van der Waals surface area contributed by atoms with Crippen molar-refractivity contribution in [3.63, 3.8) is 0 Å². The predicted molar refractivity (Wildman–Crippen MR) is 106 cm³/mol. The van der Waals surface area contributed by atoms with Gasteiger partial charge in [0.1, 0.15) is 0 Å². The third-order valence-corrected chi connectivity index (χ3v) is 3.15. The molecule has 0 aliphatic carbocycles. The number of halogens is 1. The lowest BCUT2D eigenvalue weighted by Crippen LogP contribution is -2.38. The van der Waals surface area contributed by atoms with Gasteiger partial charge in [0, 0.05) is 13.1 Å². The minimum Gasteiger partial charge on any atom is -0.469 e. The lowest BCUT2D eigenvalue weighted by Gasteiger charge is -2.11. The van der Waals surface area contributed by atoms with Crippen LogP contribution in [-0.4, -0.2) is 38.7 Å². The maximum Gasteiger partial charge on any atom is 0.307 e. The largest absolute Gasteiger partial charge is 0.469 e. The Morgan fingerprint density at radius 1 is 1.17 bits per heavy atom. The zero-order valence-electron chi connectivity index (χ0n) is 14.4. The van der Waals surface area contributed by atoms with Crippen molar-refractivity contribution in [1.82, 2.24) is 10.6 Å². The fourth-order valence-electron chi connectivity index (χ4n) is 2.24. The van der Waals surface area contributed by atoms with Gasteiger partial charge < -0.3 is 15.4 Å². The minimum absolute atomic E-state index is 0. The number of methoxy groups -OCH3 is 1. The van der Waals surface area contributed by atoms with E-state index in [0.717, 1.165) is 25.5 Å². The molecule has 0 fully saturated rings. The Morgan fingerprint density at radius 2 is 1.83 bits per heavy atom. The van der Waals surface area contributed by atoms with Crippen molar-refractivity contribution in [1.29, 1.82) is 0 Å². The summed E-state index contributed by atoms with van der Waals surface area (Å²) in [5.74, 6) is 0.491. The van der Waals surface area contributed by atoms with Gasteiger partial charge in [-0.25, -0.2) is 0 Å². The van der Waals surface area contributed by atoms with Gasteiger partial charge in [-0.2, -0.15) is 0 Å². The van der Waals surface area contributed by atoms with Crippen LogP contribution in [0.1, 0.15) is 30.0 Å². The second-order valence-corrected chi connectivity index (χ2v) is 5.26. The van der Waals surface area contributed by atoms with Crippen molar-refractivity contribution in [2.75, 3.05) is 26.7 Å². The summed E-state index contributed by atoms with van der Waals surface area (Å²) in [6.07, 6.45) is 1.23. The van der Waals surface area contributed by atoms with Crippen LogP contribution in [0, 0.1) is 13.8 Å². The average molecular weight is 433 g/mol. The maximum absolute atomic E-state index is 11.1. The molecule has 23 heavy (non-hydrogen) atoms. The average Bonchev–Trinajstić information content (AvgIpc) is 2.46. The van der Waals surface area contributed by atoms with Crippen molar-refractivity contribution in [2.24, 2.45) is 4.99 Å². The lowest BCUT2D eigenvalue weighted by molar-refractivity contribution is -0.140. The number of aliphatic imine (C=N–C) groups is 1. The first-order valence-electron chi connectivity index (χ1n) is 7.71. The number of esters is 1. The molecular weight excluding hydrogens is 405 g/mol. The van der Waals surface area contributed by atoms with E-state index < -0.39 is 0 Å². The Balaban J connectivity index is 0.00000484. The Kier molecular flexibility index (Phi) is 11.5. The van der Waals surface area contributed by atoms with Gasteiger partial charge in [-0.1, -0.05) is 29.3 Å². The molecule has 0 bridgehead atoms. The second-order valence-electron chi connectivity index (χ2n) is 5.26. The molecule has 0 saturated heterocycles. The number of benzene rings is 1. The van der Waals surface area contributed by atoms with Gasteiger partial charge in [0.05, 0.1) is 20.1 Å². The van der Waals surface area contributed by atoms with E-state index in [0.29, 0.717) is 13.0 Å². The maximum atomic E-state index is 11.1. The zero-order chi connectivity index (χ0) is 16.4. The molecular formula is C17H28IN3O2. The van der Waals surface area contributed by atoms with Crippen LogP contribution < -0.4 is 10.6 Å². The molecule has 0 saturated carbocycles. The summed E-state index contributed by atoms with van der Waals surface area (Å²) in [7, 11) is 1.39. The number of nitrogens with zero attached hydrogens (tertiary/aromatic N) is 1. The van der Waals surface area contributed by atoms with Crippen LogP contribution in [0.5, 0.6) is 0 Å². The topological polar surface area (TPSA) is 62.7 Å². The Labute approximate surface area is 156 Å². The highest BCUT2D eigenvalue weighted by Crippen LogP contribution is 2.08. The first kappa shape index (κ1) is 21.7. The predicted octanol–water partition coefficient (Wildman–Crippen LogP) is 2.58. The molecule has 0 aromatic heterocycles. The zero-order valence-corrected chi connectivity index (χ0v) is 16.8. The molecule has 1 aromatic rings. The van der Waals surface area contributed by atoms with Crippen molar-refractivity contribution >= 4 is 35.9 Å². The summed E-state index contributed by atoms with van der Waals surface area (Å²) in [6, 6.07) is 6.58. The third-order valence-electron chi connectivity index (χ3n) is 3.15. The molecule has 1 rings (SSSR count). The Morgan fingerprint density at radius 3 is 2.39 bits per heavy atom. The molecule has 130 valence electrons. The number of nitrogens with one attached hydrogen (secondary N) is 2. The molecule has 6 heteroatoms. The van der Waals surface area contributed by atoms with Gasteiger partial charge in [-0.15, -0.1) is 24.0 Å². The van der Waals surface area contributed by atoms with Crippen LogP contribution in [0.4, 0.5) is 0 Å². The first-order valence-corrected chi connectivity index (χ1v) is 7.71. The van der Waals surface area contributed by atoms with Gasteiger partial charge in [-0.05, 0) is 32.8 Å². The molecule has 0 radical (unpaired) electrons. The number of ether oxygens (including phenoxy) is 1. The van der Waals surface area contributed by atoms with Gasteiger partial charge in [0.15, 0.2) is 5.96 Å². The number of rotatable bonds is 7. The first-order chi connectivity index (χ1) is 10.5. The van der Waals surface area contributed by atoms with Crippen LogP contribution in [0.3, 0.4) is 0 Å². The highest BCUT2D eigenvalue weighted by atomic mass is 127. The summed E-state index contributed by atoms with van der Waals surface area (Å²) < 4.78 is 4.60.